The Balaban J connectivity index is 1.65. The summed E-state index contributed by atoms with van der Waals surface area (Å²) in [6.45, 7) is 6.98. The zero-order valence-electron chi connectivity index (χ0n) is 12.7. The highest BCUT2D eigenvalue weighted by molar-refractivity contribution is 5.95. The van der Waals surface area contributed by atoms with Crippen LogP contribution in [0.2, 0.25) is 0 Å². The number of fused-ring (bicyclic) bond motifs is 2. The van der Waals surface area contributed by atoms with Gasteiger partial charge in [0.25, 0.3) is 5.91 Å². The minimum atomic E-state index is 0.0393. The van der Waals surface area contributed by atoms with Crippen LogP contribution in [0.1, 0.15) is 55.6 Å². The van der Waals surface area contributed by atoms with Crippen LogP contribution in [0.4, 0.5) is 0 Å². The number of nitrogens with zero attached hydrogens (tertiary/aromatic N) is 2. The number of aryl methyl sites for hydroxylation is 1. The molecule has 1 heterocycles. The van der Waals surface area contributed by atoms with Crippen molar-refractivity contribution >= 4 is 5.91 Å². The lowest BCUT2D eigenvalue weighted by Gasteiger charge is -2.28. The number of carbonyl (C=O) groups excluding carboxylic acids is 1. The van der Waals surface area contributed by atoms with Crippen molar-refractivity contribution in [1.82, 2.24) is 15.1 Å². The molecule has 4 nitrogen and oxygen atoms in total. The van der Waals surface area contributed by atoms with E-state index in [2.05, 4.69) is 17.3 Å². The van der Waals surface area contributed by atoms with Gasteiger partial charge in [-0.2, -0.15) is 5.10 Å². The summed E-state index contributed by atoms with van der Waals surface area (Å²) in [6.07, 6.45) is 7.16. The molecule has 1 aromatic heterocycles. The second-order valence-corrected chi connectivity index (χ2v) is 6.56. The Labute approximate surface area is 120 Å². The smallest absolute Gasteiger partial charge is 0.254 e. The van der Waals surface area contributed by atoms with Gasteiger partial charge in [0.05, 0.1) is 11.8 Å². The predicted molar refractivity (Wildman–Crippen MR) is 78.5 cm³/mol. The molecule has 4 atom stereocenters. The molecule has 1 amide bonds. The molecular formula is C16H25N3O. The van der Waals surface area contributed by atoms with Gasteiger partial charge in [-0.1, -0.05) is 6.42 Å². The van der Waals surface area contributed by atoms with E-state index in [0.717, 1.165) is 29.6 Å². The summed E-state index contributed by atoms with van der Waals surface area (Å²) in [5.41, 5.74) is 1.69. The average molecular weight is 275 g/mol. The van der Waals surface area contributed by atoms with E-state index in [9.17, 15) is 4.79 Å². The molecule has 2 aliphatic rings. The van der Waals surface area contributed by atoms with Crippen molar-refractivity contribution in [2.24, 2.45) is 17.8 Å². The summed E-state index contributed by atoms with van der Waals surface area (Å²) < 4.78 is 1.87. The van der Waals surface area contributed by atoms with Crippen molar-refractivity contribution in [2.45, 2.75) is 59.0 Å². The first-order valence-corrected chi connectivity index (χ1v) is 7.93. The highest BCUT2D eigenvalue weighted by atomic mass is 16.1. The molecule has 110 valence electrons. The van der Waals surface area contributed by atoms with Gasteiger partial charge in [-0.15, -0.1) is 0 Å². The largest absolute Gasteiger partial charge is 0.349 e. The molecule has 4 heteroatoms. The third-order valence-electron chi connectivity index (χ3n) is 5.44. The molecule has 0 aromatic carbocycles. The van der Waals surface area contributed by atoms with Crippen LogP contribution in [-0.4, -0.2) is 21.7 Å². The molecule has 2 bridgehead atoms. The van der Waals surface area contributed by atoms with E-state index in [4.69, 9.17) is 0 Å². The first-order chi connectivity index (χ1) is 9.60. The van der Waals surface area contributed by atoms with Crippen molar-refractivity contribution in [1.29, 1.82) is 0 Å². The van der Waals surface area contributed by atoms with E-state index in [0.29, 0.717) is 5.92 Å². The minimum absolute atomic E-state index is 0.0393. The highest BCUT2D eigenvalue weighted by Gasteiger charge is 2.42. The normalized spacial score (nSPS) is 29.6. The number of hydrogen-bond donors (Lipinski definition) is 1. The maximum atomic E-state index is 12.4. The van der Waals surface area contributed by atoms with Crippen molar-refractivity contribution in [3.63, 3.8) is 0 Å². The zero-order valence-corrected chi connectivity index (χ0v) is 12.7. The number of amides is 1. The van der Waals surface area contributed by atoms with Gasteiger partial charge in [-0.05, 0) is 57.8 Å². The van der Waals surface area contributed by atoms with Crippen LogP contribution in [-0.2, 0) is 6.54 Å². The lowest BCUT2D eigenvalue weighted by Crippen LogP contribution is -2.40. The summed E-state index contributed by atoms with van der Waals surface area (Å²) in [6, 6.07) is 0.280. The standard InChI is InChI=1S/C16H25N3O/c1-4-19-11(3)15(9-17-19)16(20)18-10(2)14-8-12-5-6-13(14)7-12/h9-10,12-14H,4-8H2,1-3H3,(H,18,20)/t10-,12+,13+,14+/m1/s1. The number of rotatable bonds is 4. The topological polar surface area (TPSA) is 46.9 Å². The van der Waals surface area contributed by atoms with Gasteiger partial charge in [-0.3, -0.25) is 9.48 Å². The fourth-order valence-electron chi connectivity index (χ4n) is 4.29. The Kier molecular flexibility index (Phi) is 3.57. The van der Waals surface area contributed by atoms with Crippen LogP contribution >= 0.6 is 0 Å². The Morgan fingerprint density at radius 2 is 2.30 bits per heavy atom. The third kappa shape index (κ3) is 2.25. The van der Waals surface area contributed by atoms with Crippen LogP contribution in [0.3, 0.4) is 0 Å². The van der Waals surface area contributed by atoms with Crippen molar-refractivity contribution < 1.29 is 4.79 Å². The van der Waals surface area contributed by atoms with Gasteiger partial charge in [0.1, 0.15) is 0 Å². The van der Waals surface area contributed by atoms with Gasteiger partial charge in [0.15, 0.2) is 0 Å². The lowest BCUT2D eigenvalue weighted by molar-refractivity contribution is 0.0914. The van der Waals surface area contributed by atoms with Crippen molar-refractivity contribution in [2.75, 3.05) is 0 Å². The number of hydrogen-bond acceptors (Lipinski definition) is 2. The van der Waals surface area contributed by atoms with Crippen molar-refractivity contribution in [3.05, 3.63) is 17.5 Å². The summed E-state index contributed by atoms with van der Waals surface area (Å²) in [5, 5.41) is 7.46. The molecule has 0 unspecified atom stereocenters. The fraction of sp³-hybridized carbons (Fsp3) is 0.750. The Morgan fingerprint density at radius 3 is 2.85 bits per heavy atom. The average Bonchev–Trinajstić information content (AvgIpc) is 3.12. The number of nitrogens with one attached hydrogen (secondary N) is 1. The maximum absolute atomic E-state index is 12.4. The van der Waals surface area contributed by atoms with Gasteiger partial charge in [0.2, 0.25) is 0 Å². The first kappa shape index (κ1) is 13.7. The van der Waals surface area contributed by atoms with Crippen LogP contribution in [0.25, 0.3) is 0 Å². The van der Waals surface area contributed by atoms with E-state index in [-0.39, 0.29) is 11.9 Å². The third-order valence-corrected chi connectivity index (χ3v) is 5.44. The number of aromatic nitrogens is 2. The van der Waals surface area contributed by atoms with Gasteiger partial charge in [0, 0.05) is 18.3 Å². The molecule has 1 N–H and O–H groups in total. The predicted octanol–water partition coefficient (Wildman–Crippen LogP) is 2.77. The molecule has 0 spiro atoms. The summed E-state index contributed by atoms with van der Waals surface area (Å²) in [4.78, 5) is 12.4. The molecule has 1 aromatic rings. The Hall–Kier alpha value is -1.32. The molecule has 2 fully saturated rings. The van der Waals surface area contributed by atoms with Crippen molar-refractivity contribution in [3.8, 4) is 0 Å². The monoisotopic (exact) mass is 275 g/mol. The van der Waals surface area contributed by atoms with Gasteiger partial charge >= 0.3 is 0 Å². The van der Waals surface area contributed by atoms with Gasteiger partial charge < -0.3 is 5.32 Å². The van der Waals surface area contributed by atoms with E-state index in [1.165, 1.54) is 25.7 Å². The van der Waals surface area contributed by atoms with Crippen LogP contribution in [0.5, 0.6) is 0 Å². The molecule has 3 rings (SSSR count). The van der Waals surface area contributed by atoms with E-state index in [1.807, 2.05) is 18.5 Å². The summed E-state index contributed by atoms with van der Waals surface area (Å²) in [7, 11) is 0. The minimum Gasteiger partial charge on any atom is -0.349 e. The zero-order chi connectivity index (χ0) is 14.3. The second-order valence-electron chi connectivity index (χ2n) is 6.56. The molecule has 2 aliphatic carbocycles. The Bertz CT molecular complexity index is 508. The number of carbonyl (C=O) groups is 1. The molecular weight excluding hydrogens is 250 g/mol. The SMILES string of the molecule is CCn1ncc(C(=O)N[C@H](C)[C@@H]2C[C@H]3CC[C@H]2C3)c1C. The van der Waals surface area contributed by atoms with Crippen LogP contribution in [0, 0.1) is 24.7 Å². The van der Waals surface area contributed by atoms with E-state index < -0.39 is 0 Å². The van der Waals surface area contributed by atoms with E-state index in [1.54, 1.807) is 6.20 Å². The molecule has 20 heavy (non-hydrogen) atoms. The molecule has 0 radical (unpaired) electrons. The summed E-state index contributed by atoms with van der Waals surface area (Å²) in [5.74, 6) is 2.49. The summed E-state index contributed by atoms with van der Waals surface area (Å²) >= 11 is 0. The van der Waals surface area contributed by atoms with E-state index >= 15 is 0 Å². The molecule has 0 aliphatic heterocycles. The maximum Gasteiger partial charge on any atom is 0.254 e. The molecule has 2 saturated carbocycles. The molecule has 0 saturated heterocycles. The Morgan fingerprint density at radius 1 is 1.50 bits per heavy atom. The van der Waals surface area contributed by atoms with Crippen LogP contribution in [0.15, 0.2) is 6.20 Å². The van der Waals surface area contributed by atoms with Crippen LogP contribution < -0.4 is 5.32 Å². The second kappa shape index (κ2) is 5.23. The quantitative estimate of drug-likeness (QED) is 0.918. The fourth-order valence-corrected chi connectivity index (χ4v) is 4.29. The lowest BCUT2D eigenvalue weighted by atomic mass is 9.84. The highest BCUT2D eigenvalue weighted by Crippen LogP contribution is 2.49. The first-order valence-electron chi connectivity index (χ1n) is 7.93. The van der Waals surface area contributed by atoms with Gasteiger partial charge in [-0.25, -0.2) is 0 Å².